The van der Waals surface area contributed by atoms with Crippen LogP contribution >= 0.6 is 22.7 Å². The topological polar surface area (TPSA) is 25.8 Å². The molecule has 142 valence electrons. The van der Waals surface area contributed by atoms with Gasteiger partial charge in [-0.2, -0.15) is 0 Å². The van der Waals surface area contributed by atoms with Gasteiger partial charge in [-0.3, -0.25) is 0 Å². The predicted molar refractivity (Wildman–Crippen MR) is 122 cm³/mol. The van der Waals surface area contributed by atoms with Crippen LogP contribution in [0.3, 0.4) is 0 Å². The summed E-state index contributed by atoms with van der Waals surface area (Å²) in [5.74, 6) is 0. The summed E-state index contributed by atoms with van der Waals surface area (Å²) < 4.78 is 0. The number of hydrogen-bond acceptors (Lipinski definition) is 4. The minimum absolute atomic E-state index is 0.161. The van der Waals surface area contributed by atoms with Crippen molar-refractivity contribution in [1.82, 2.24) is 9.97 Å². The maximum absolute atomic E-state index is 4.99. The van der Waals surface area contributed by atoms with Gasteiger partial charge in [0.05, 0.1) is 11.4 Å². The van der Waals surface area contributed by atoms with E-state index in [1.54, 1.807) is 22.7 Å². The van der Waals surface area contributed by atoms with Crippen LogP contribution in [0.25, 0.3) is 32.5 Å². The van der Waals surface area contributed by atoms with Gasteiger partial charge in [-0.15, -0.1) is 22.7 Å². The molecular formula is C24H24N2S2. The highest BCUT2D eigenvalue weighted by Crippen LogP contribution is 2.37. The van der Waals surface area contributed by atoms with Gasteiger partial charge in [0.25, 0.3) is 0 Å². The second-order valence-corrected chi connectivity index (χ2v) is 9.82. The third-order valence-corrected chi connectivity index (χ3v) is 6.98. The molecule has 4 heteroatoms. The number of rotatable bonds is 4. The Hall–Kier alpha value is -2.30. The fourth-order valence-corrected chi connectivity index (χ4v) is 5.04. The number of aromatic nitrogens is 2. The lowest BCUT2D eigenvalue weighted by atomic mass is 9.86. The molecule has 0 aliphatic rings. The molecule has 0 N–H and O–H groups in total. The zero-order valence-electron chi connectivity index (χ0n) is 16.7. The highest BCUT2D eigenvalue weighted by Gasteiger charge is 2.18. The lowest BCUT2D eigenvalue weighted by molar-refractivity contribution is 0.590. The molecule has 4 rings (SSSR count). The van der Waals surface area contributed by atoms with Crippen LogP contribution in [0.2, 0.25) is 0 Å². The van der Waals surface area contributed by atoms with Gasteiger partial charge in [0.2, 0.25) is 0 Å². The van der Waals surface area contributed by atoms with E-state index in [-0.39, 0.29) is 5.41 Å². The second kappa shape index (κ2) is 7.61. The Kier molecular flexibility index (Phi) is 5.17. The molecule has 0 aliphatic heterocycles. The van der Waals surface area contributed by atoms with E-state index < -0.39 is 0 Å². The summed E-state index contributed by atoms with van der Waals surface area (Å²) in [6.45, 7) is 8.93. The van der Waals surface area contributed by atoms with Crippen LogP contribution in [0, 0.1) is 0 Å². The second-order valence-electron chi connectivity index (χ2n) is 7.88. The summed E-state index contributed by atoms with van der Waals surface area (Å²) in [4.78, 5) is 11.1. The van der Waals surface area contributed by atoms with Gasteiger partial charge in [0.1, 0.15) is 0 Å². The van der Waals surface area contributed by atoms with E-state index in [1.807, 2.05) is 18.2 Å². The Morgan fingerprint density at radius 3 is 2.18 bits per heavy atom. The maximum atomic E-state index is 4.99. The van der Waals surface area contributed by atoms with Crippen LogP contribution in [0.1, 0.15) is 38.1 Å². The molecule has 0 bridgehead atoms. The Morgan fingerprint density at radius 2 is 1.54 bits per heavy atom. The molecule has 0 spiro atoms. The van der Waals surface area contributed by atoms with Crippen LogP contribution in [0.5, 0.6) is 0 Å². The molecule has 0 fully saturated rings. The van der Waals surface area contributed by atoms with Crippen molar-refractivity contribution in [3.8, 4) is 32.5 Å². The van der Waals surface area contributed by atoms with Crippen LogP contribution < -0.4 is 0 Å². The number of nitrogens with zero attached hydrogens (tertiary/aromatic N) is 2. The summed E-state index contributed by atoms with van der Waals surface area (Å²) in [5, 5.41) is 4.13. The SMILES string of the molecule is CCc1sc(-c2nc(-c3ccccc3)cs2)nc1-c1ccc(C(C)(C)C)cc1. The summed E-state index contributed by atoms with van der Waals surface area (Å²) in [6, 6.07) is 19.2. The Morgan fingerprint density at radius 1 is 0.821 bits per heavy atom. The van der Waals surface area contributed by atoms with Crippen LogP contribution in [0.15, 0.2) is 60.0 Å². The average Bonchev–Trinajstić information content (AvgIpc) is 3.35. The predicted octanol–water partition coefficient (Wildman–Crippen LogP) is 7.46. The molecule has 2 heterocycles. The van der Waals surface area contributed by atoms with Crippen molar-refractivity contribution in [3.63, 3.8) is 0 Å². The molecule has 4 aromatic rings. The molecule has 0 atom stereocenters. The Bertz CT molecular complexity index is 1070. The first-order valence-corrected chi connectivity index (χ1v) is 11.3. The summed E-state index contributed by atoms with van der Waals surface area (Å²) in [6.07, 6.45) is 0.977. The number of thiazole rings is 2. The normalized spacial score (nSPS) is 11.7. The highest BCUT2D eigenvalue weighted by atomic mass is 32.1. The van der Waals surface area contributed by atoms with E-state index in [0.717, 1.165) is 33.4 Å². The standard InChI is InChI=1S/C24H24N2S2/c1-5-20-21(17-11-13-18(14-12-17)24(2,3)4)26-23(28-20)22-25-19(15-27-22)16-9-7-6-8-10-16/h6-15H,5H2,1-4H3. The van der Waals surface area contributed by atoms with Gasteiger partial charge in [-0.1, -0.05) is 82.3 Å². The first kappa shape index (κ1) is 19.0. The molecule has 28 heavy (non-hydrogen) atoms. The van der Waals surface area contributed by atoms with Gasteiger partial charge in [-0.05, 0) is 17.4 Å². The molecule has 2 nitrogen and oxygen atoms in total. The molecule has 0 aliphatic carbocycles. The quantitative estimate of drug-likeness (QED) is 0.353. The zero-order valence-corrected chi connectivity index (χ0v) is 18.3. The van der Waals surface area contributed by atoms with E-state index in [2.05, 4.69) is 69.5 Å². The van der Waals surface area contributed by atoms with Crippen molar-refractivity contribution in [2.75, 3.05) is 0 Å². The van der Waals surface area contributed by atoms with Gasteiger partial charge in [0, 0.05) is 21.4 Å². The highest BCUT2D eigenvalue weighted by molar-refractivity contribution is 7.21. The van der Waals surface area contributed by atoms with E-state index in [4.69, 9.17) is 9.97 Å². The van der Waals surface area contributed by atoms with Crippen molar-refractivity contribution < 1.29 is 0 Å². The molecule has 0 radical (unpaired) electrons. The fraction of sp³-hybridized carbons (Fsp3) is 0.250. The zero-order chi connectivity index (χ0) is 19.7. The first-order chi connectivity index (χ1) is 13.5. The minimum Gasteiger partial charge on any atom is -0.233 e. The third-order valence-electron chi connectivity index (χ3n) is 4.80. The van der Waals surface area contributed by atoms with E-state index in [0.29, 0.717) is 0 Å². The molecule has 2 aromatic carbocycles. The molecule has 0 saturated heterocycles. The fourth-order valence-electron chi connectivity index (χ4n) is 3.15. The van der Waals surface area contributed by atoms with Crippen molar-refractivity contribution >= 4 is 22.7 Å². The number of benzene rings is 2. The molecule has 0 saturated carbocycles. The first-order valence-electron chi connectivity index (χ1n) is 9.57. The molecule has 0 unspecified atom stereocenters. The van der Waals surface area contributed by atoms with Crippen LogP contribution in [-0.2, 0) is 11.8 Å². The monoisotopic (exact) mass is 404 g/mol. The smallest absolute Gasteiger partial charge is 0.153 e. The summed E-state index contributed by atoms with van der Waals surface area (Å²) >= 11 is 3.43. The van der Waals surface area contributed by atoms with Gasteiger partial charge in [-0.25, -0.2) is 9.97 Å². The Labute approximate surface area is 175 Å². The van der Waals surface area contributed by atoms with E-state index in [9.17, 15) is 0 Å². The molecule has 2 aromatic heterocycles. The van der Waals surface area contributed by atoms with Crippen LogP contribution in [-0.4, -0.2) is 9.97 Å². The van der Waals surface area contributed by atoms with Gasteiger partial charge < -0.3 is 0 Å². The van der Waals surface area contributed by atoms with Crippen molar-refractivity contribution in [2.24, 2.45) is 0 Å². The van der Waals surface area contributed by atoms with E-state index in [1.165, 1.54) is 16.0 Å². The largest absolute Gasteiger partial charge is 0.233 e. The van der Waals surface area contributed by atoms with Crippen molar-refractivity contribution in [3.05, 3.63) is 70.4 Å². The molecular weight excluding hydrogens is 380 g/mol. The third kappa shape index (κ3) is 3.80. The lowest BCUT2D eigenvalue weighted by Crippen LogP contribution is -2.10. The number of aryl methyl sites for hydroxylation is 1. The van der Waals surface area contributed by atoms with Gasteiger partial charge in [0.15, 0.2) is 10.0 Å². The van der Waals surface area contributed by atoms with Crippen LogP contribution in [0.4, 0.5) is 0 Å². The average molecular weight is 405 g/mol. The number of hydrogen-bond donors (Lipinski definition) is 0. The molecule has 0 amide bonds. The summed E-state index contributed by atoms with van der Waals surface area (Å²) in [7, 11) is 0. The van der Waals surface area contributed by atoms with Crippen molar-refractivity contribution in [1.29, 1.82) is 0 Å². The Balaban J connectivity index is 1.68. The maximum Gasteiger partial charge on any atom is 0.153 e. The van der Waals surface area contributed by atoms with Crippen molar-refractivity contribution in [2.45, 2.75) is 39.5 Å². The lowest BCUT2D eigenvalue weighted by Gasteiger charge is -2.19. The van der Waals surface area contributed by atoms with Gasteiger partial charge >= 0.3 is 0 Å². The summed E-state index contributed by atoms with van der Waals surface area (Å²) in [5.41, 5.74) is 5.96. The van der Waals surface area contributed by atoms with E-state index >= 15 is 0 Å². The minimum atomic E-state index is 0.161.